The lowest BCUT2D eigenvalue weighted by Crippen LogP contribution is -2.59. The van der Waals surface area contributed by atoms with Gasteiger partial charge >= 0.3 is 6.09 Å². The largest absolute Gasteiger partial charge is 0.446 e. The van der Waals surface area contributed by atoms with E-state index in [9.17, 15) is 19.2 Å². The molecule has 4 amide bonds. The molecule has 1 fully saturated rings. The Morgan fingerprint density at radius 3 is 2.05 bits per heavy atom. The first kappa shape index (κ1) is 29.9. The second kappa shape index (κ2) is 12.8. The van der Waals surface area contributed by atoms with E-state index in [4.69, 9.17) is 10.5 Å². The van der Waals surface area contributed by atoms with Crippen molar-refractivity contribution >= 4 is 29.5 Å². The molecule has 3 aromatic carbocycles. The van der Waals surface area contributed by atoms with Crippen LogP contribution in [0.3, 0.4) is 0 Å². The van der Waals surface area contributed by atoms with E-state index in [2.05, 4.69) is 5.32 Å². The zero-order chi connectivity index (χ0) is 30.6. The Hall–Kier alpha value is -4.54. The number of imide groups is 1. The topological polar surface area (TPSA) is 122 Å². The van der Waals surface area contributed by atoms with Crippen LogP contribution in [0, 0.1) is 0 Å². The molecular formula is C33H38N5O5+. The standard InChI is InChI=1S/C33H37N5O5/c1-38(2,21-20-37-31(40)26-13-6-7-14-27(26)32(37)41)22-29(30(34)39)36-18-16-24(17-19-36)43-33(42)35-28-15-9-8-12-25(28)23-10-4-3-5-11-23/h3-15,24,29H,16-22H2,1-2H3,(H2-,34,35,39,42)/p+1. The molecule has 1 saturated heterocycles. The lowest BCUT2D eigenvalue weighted by molar-refractivity contribution is -0.890. The molecule has 2 heterocycles. The third kappa shape index (κ3) is 6.93. The van der Waals surface area contributed by atoms with Gasteiger partial charge in [-0.1, -0.05) is 60.7 Å². The van der Waals surface area contributed by atoms with E-state index in [1.54, 1.807) is 24.3 Å². The fourth-order valence-corrected chi connectivity index (χ4v) is 5.82. The summed E-state index contributed by atoms with van der Waals surface area (Å²) in [5, 5.41) is 2.89. The summed E-state index contributed by atoms with van der Waals surface area (Å²) in [5.74, 6) is -1.01. The van der Waals surface area contributed by atoms with Crippen molar-refractivity contribution < 1.29 is 28.4 Å². The lowest BCUT2D eigenvalue weighted by atomic mass is 10.0. The van der Waals surface area contributed by atoms with Crippen LogP contribution in [0.5, 0.6) is 0 Å². The summed E-state index contributed by atoms with van der Waals surface area (Å²) < 4.78 is 6.14. The molecule has 0 saturated carbocycles. The maximum Gasteiger partial charge on any atom is 0.411 e. The summed E-state index contributed by atoms with van der Waals surface area (Å²) in [6, 6.07) is 23.7. The molecule has 0 aliphatic carbocycles. The van der Waals surface area contributed by atoms with Gasteiger partial charge in [0.25, 0.3) is 11.8 Å². The lowest BCUT2D eigenvalue weighted by Gasteiger charge is -2.40. The minimum atomic E-state index is -0.537. The summed E-state index contributed by atoms with van der Waals surface area (Å²) in [6.45, 7) is 2.22. The van der Waals surface area contributed by atoms with Gasteiger partial charge in [-0.3, -0.25) is 29.5 Å². The van der Waals surface area contributed by atoms with E-state index < -0.39 is 18.0 Å². The number of nitrogens with one attached hydrogen (secondary N) is 1. The predicted octanol–water partition coefficient (Wildman–Crippen LogP) is 3.59. The Morgan fingerprint density at radius 2 is 1.44 bits per heavy atom. The number of anilines is 1. The number of likely N-dealkylation sites (N-methyl/N-ethyl adjacent to an activating group) is 1. The molecule has 3 N–H and O–H groups in total. The van der Waals surface area contributed by atoms with Crippen molar-refractivity contribution in [3.05, 3.63) is 90.0 Å². The quantitative estimate of drug-likeness (QED) is 0.278. The third-order valence-corrected chi connectivity index (χ3v) is 8.24. The zero-order valence-corrected chi connectivity index (χ0v) is 24.6. The van der Waals surface area contributed by atoms with Gasteiger partial charge in [0.2, 0.25) is 5.91 Å². The molecule has 224 valence electrons. The number of hydrogen-bond acceptors (Lipinski definition) is 6. The number of amides is 4. The van der Waals surface area contributed by atoms with Crippen LogP contribution in [0.25, 0.3) is 11.1 Å². The van der Waals surface area contributed by atoms with Crippen LogP contribution in [0.2, 0.25) is 0 Å². The third-order valence-electron chi connectivity index (χ3n) is 8.24. The van der Waals surface area contributed by atoms with Crippen molar-refractivity contribution in [2.75, 3.05) is 52.1 Å². The maximum atomic E-state index is 12.8. The van der Waals surface area contributed by atoms with E-state index in [0.717, 1.165) is 11.1 Å². The smallest absolute Gasteiger partial charge is 0.411 e. The van der Waals surface area contributed by atoms with Crippen LogP contribution in [0.1, 0.15) is 33.6 Å². The number of quaternary nitrogens is 1. The fourth-order valence-electron chi connectivity index (χ4n) is 5.82. The number of nitrogens with two attached hydrogens (primary N) is 1. The van der Waals surface area contributed by atoms with E-state index in [0.29, 0.717) is 60.3 Å². The summed E-state index contributed by atoms with van der Waals surface area (Å²) >= 11 is 0. The van der Waals surface area contributed by atoms with Crippen molar-refractivity contribution in [1.29, 1.82) is 0 Å². The van der Waals surface area contributed by atoms with Gasteiger partial charge in [0.05, 0.1) is 44.0 Å². The van der Waals surface area contributed by atoms with Gasteiger partial charge in [-0.2, -0.15) is 0 Å². The van der Waals surface area contributed by atoms with Gasteiger partial charge in [0.15, 0.2) is 0 Å². The highest BCUT2D eigenvalue weighted by Gasteiger charge is 2.38. The van der Waals surface area contributed by atoms with Crippen molar-refractivity contribution in [1.82, 2.24) is 9.80 Å². The van der Waals surface area contributed by atoms with Crippen molar-refractivity contribution in [3.8, 4) is 11.1 Å². The number of rotatable bonds is 10. The number of carbonyl (C=O) groups excluding carboxylic acids is 4. The Morgan fingerprint density at radius 1 is 0.884 bits per heavy atom. The van der Waals surface area contributed by atoms with Gasteiger partial charge in [0, 0.05) is 18.7 Å². The molecule has 2 aliphatic rings. The predicted molar refractivity (Wildman–Crippen MR) is 163 cm³/mol. The first-order valence-corrected chi connectivity index (χ1v) is 14.6. The number of benzene rings is 3. The molecule has 0 spiro atoms. The van der Waals surface area contributed by atoms with Gasteiger partial charge in [0.1, 0.15) is 18.7 Å². The highest BCUT2D eigenvalue weighted by atomic mass is 16.6. The van der Waals surface area contributed by atoms with Crippen LogP contribution < -0.4 is 11.1 Å². The SMILES string of the molecule is C[N+](C)(CCN1C(=O)c2ccccc2C1=O)CC(C(N)=O)N1CCC(OC(=O)Nc2ccccc2-c2ccccc2)CC1. The number of carbonyl (C=O) groups is 4. The van der Waals surface area contributed by atoms with Gasteiger partial charge < -0.3 is 15.0 Å². The summed E-state index contributed by atoms with van der Waals surface area (Å²) in [5.41, 5.74) is 9.27. The maximum absolute atomic E-state index is 12.8. The van der Waals surface area contributed by atoms with Crippen LogP contribution in [-0.4, -0.2) is 97.1 Å². The van der Waals surface area contributed by atoms with E-state index in [-0.39, 0.29) is 24.5 Å². The van der Waals surface area contributed by atoms with Gasteiger partial charge in [-0.25, -0.2) is 4.79 Å². The minimum absolute atomic E-state index is 0.239. The molecule has 2 aliphatic heterocycles. The number of piperidine rings is 1. The van der Waals surface area contributed by atoms with Crippen molar-refractivity contribution in [2.45, 2.75) is 25.0 Å². The van der Waals surface area contributed by atoms with E-state index in [1.165, 1.54) is 4.90 Å². The van der Waals surface area contributed by atoms with Crippen LogP contribution in [-0.2, 0) is 9.53 Å². The highest BCUT2D eigenvalue weighted by Crippen LogP contribution is 2.28. The number of hydrogen-bond donors (Lipinski definition) is 2. The average Bonchev–Trinajstić information content (AvgIpc) is 3.25. The molecular weight excluding hydrogens is 546 g/mol. The number of ether oxygens (including phenoxy) is 1. The first-order chi connectivity index (χ1) is 20.6. The van der Waals surface area contributed by atoms with Crippen LogP contribution in [0.4, 0.5) is 10.5 Å². The van der Waals surface area contributed by atoms with Gasteiger partial charge in [-0.15, -0.1) is 0 Å². The number of para-hydroxylation sites is 1. The molecule has 0 aromatic heterocycles. The number of likely N-dealkylation sites (tertiary alicyclic amines) is 1. The molecule has 43 heavy (non-hydrogen) atoms. The Bertz CT molecular complexity index is 1470. The Kier molecular flexibility index (Phi) is 8.89. The van der Waals surface area contributed by atoms with E-state index >= 15 is 0 Å². The molecule has 5 rings (SSSR count). The molecule has 10 nitrogen and oxygen atoms in total. The Balaban J connectivity index is 1.13. The molecule has 0 bridgehead atoms. The molecule has 0 radical (unpaired) electrons. The Labute approximate surface area is 251 Å². The first-order valence-electron chi connectivity index (χ1n) is 14.6. The monoisotopic (exact) mass is 584 g/mol. The van der Waals surface area contributed by atoms with Crippen LogP contribution in [0.15, 0.2) is 78.9 Å². The molecule has 1 atom stereocenters. The summed E-state index contributed by atoms with van der Waals surface area (Å²) in [6.07, 6.45) is 0.337. The molecule has 10 heteroatoms. The normalized spacial score (nSPS) is 16.6. The number of fused-ring (bicyclic) bond motifs is 1. The fraction of sp³-hybridized carbons (Fsp3) is 0.333. The van der Waals surface area contributed by atoms with Gasteiger partial charge in [-0.05, 0) is 36.6 Å². The van der Waals surface area contributed by atoms with Crippen LogP contribution >= 0.6 is 0 Å². The second-order valence-corrected chi connectivity index (χ2v) is 11.7. The van der Waals surface area contributed by atoms with E-state index in [1.807, 2.05) is 73.6 Å². The molecule has 1 unspecified atom stereocenters. The zero-order valence-electron chi connectivity index (χ0n) is 24.6. The summed E-state index contributed by atoms with van der Waals surface area (Å²) in [7, 11) is 3.92. The molecule has 3 aromatic rings. The van der Waals surface area contributed by atoms with Crippen molar-refractivity contribution in [2.24, 2.45) is 5.73 Å². The number of nitrogens with zero attached hydrogens (tertiary/aromatic N) is 3. The highest BCUT2D eigenvalue weighted by molar-refractivity contribution is 6.21. The minimum Gasteiger partial charge on any atom is -0.446 e. The van der Waals surface area contributed by atoms with Crippen molar-refractivity contribution in [3.63, 3.8) is 0 Å². The average molecular weight is 585 g/mol. The summed E-state index contributed by atoms with van der Waals surface area (Å²) in [4.78, 5) is 54.2. The second-order valence-electron chi connectivity index (χ2n) is 11.7. The number of primary amides is 1.